The summed E-state index contributed by atoms with van der Waals surface area (Å²) in [5, 5.41) is 3.43. The highest BCUT2D eigenvalue weighted by Crippen LogP contribution is 2.21. The molecule has 1 unspecified atom stereocenters. The highest BCUT2D eigenvalue weighted by atomic mass is 15.3. The molecule has 0 aromatic carbocycles. The predicted octanol–water partition coefficient (Wildman–Crippen LogP) is 1.40. The van der Waals surface area contributed by atoms with E-state index in [9.17, 15) is 0 Å². The Kier molecular flexibility index (Phi) is 4.83. The Morgan fingerprint density at radius 1 is 1.06 bits per heavy atom. The number of hydrogen-bond acceptors (Lipinski definition) is 3. The highest BCUT2D eigenvalue weighted by molar-refractivity contribution is 4.91. The van der Waals surface area contributed by atoms with Gasteiger partial charge < -0.3 is 5.32 Å². The van der Waals surface area contributed by atoms with Crippen LogP contribution in [0.4, 0.5) is 0 Å². The van der Waals surface area contributed by atoms with Crippen molar-refractivity contribution in [1.29, 1.82) is 0 Å². The summed E-state index contributed by atoms with van der Waals surface area (Å²) >= 11 is 0. The summed E-state index contributed by atoms with van der Waals surface area (Å²) in [5.74, 6) is 0.850. The largest absolute Gasteiger partial charge is 0.314 e. The Hall–Kier alpha value is -0.120. The van der Waals surface area contributed by atoms with E-state index in [1.165, 1.54) is 52.1 Å². The van der Waals surface area contributed by atoms with Crippen LogP contribution < -0.4 is 5.32 Å². The molecule has 100 valence electrons. The molecule has 0 saturated carbocycles. The first-order chi connectivity index (χ1) is 8.16. The summed E-state index contributed by atoms with van der Waals surface area (Å²) in [6.07, 6.45) is 2.74. The van der Waals surface area contributed by atoms with E-state index in [2.05, 4.69) is 35.9 Å². The summed E-state index contributed by atoms with van der Waals surface area (Å²) in [4.78, 5) is 5.33. The van der Waals surface area contributed by atoms with Crippen LogP contribution in [0, 0.1) is 5.92 Å². The normalized spacial score (nSPS) is 26.1. The van der Waals surface area contributed by atoms with Crippen LogP contribution in [0.2, 0.25) is 0 Å². The lowest BCUT2D eigenvalue weighted by molar-refractivity contribution is 0.00101. The maximum absolute atomic E-state index is 3.43. The highest BCUT2D eigenvalue weighted by Gasteiger charge is 2.34. The molecule has 1 atom stereocenters. The van der Waals surface area contributed by atoms with Gasteiger partial charge in [-0.25, -0.2) is 0 Å². The lowest BCUT2D eigenvalue weighted by atomic mass is 9.98. The van der Waals surface area contributed by atoms with E-state index in [1.54, 1.807) is 0 Å². The van der Waals surface area contributed by atoms with Crippen molar-refractivity contribution in [3.63, 3.8) is 0 Å². The molecule has 2 aliphatic heterocycles. The van der Waals surface area contributed by atoms with Crippen LogP contribution in [0.5, 0.6) is 0 Å². The average Bonchev–Trinajstić information content (AvgIpc) is 2.26. The molecule has 2 rings (SSSR count). The number of hydrogen-bond donors (Lipinski definition) is 1. The Bertz CT molecular complexity index is 218. The maximum Gasteiger partial charge on any atom is 0.0351 e. The molecule has 0 aromatic heterocycles. The minimum atomic E-state index is 0.788. The van der Waals surface area contributed by atoms with Crippen LogP contribution in [0.25, 0.3) is 0 Å². The van der Waals surface area contributed by atoms with Gasteiger partial charge in [-0.05, 0) is 25.7 Å². The van der Waals surface area contributed by atoms with Crippen molar-refractivity contribution in [1.82, 2.24) is 15.1 Å². The van der Waals surface area contributed by atoms with E-state index in [0.717, 1.165) is 18.0 Å². The molecule has 3 heteroatoms. The fourth-order valence-electron chi connectivity index (χ4n) is 2.88. The second-order valence-electron chi connectivity index (χ2n) is 6.21. The molecule has 0 aliphatic carbocycles. The third-order valence-corrected chi connectivity index (χ3v) is 4.34. The third-order valence-electron chi connectivity index (χ3n) is 4.34. The fraction of sp³-hybridized carbons (Fsp3) is 1.00. The van der Waals surface area contributed by atoms with Crippen molar-refractivity contribution in [2.45, 2.75) is 45.7 Å². The van der Waals surface area contributed by atoms with Crippen molar-refractivity contribution < 1.29 is 0 Å². The van der Waals surface area contributed by atoms with Crippen molar-refractivity contribution >= 4 is 0 Å². The Morgan fingerprint density at radius 3 is 2.29 bits per heavy atom. The van der Waals surface area contributed by atoms with E-state index >= 15 is 0 Å². The number of nitrogens with zero attached hydrogens (tertiary/aromatic N) is 2. The molecule has 2 aliphatic rings. The number of likely N-dealkylation sites (tertiary alicyclic amines) is 1. The van der Waals surface area contributed by atoms with Gasteiger partial charge in [0.1, 0.15) is 0 Å². The molecular weight excluding hydrogens is 210 g/mol. The van der Waals surface area contributed by atoms with Crippen molar-refractivity contribution in [2.75, 3.05) is 39.3 Å². The van der Waals surface area contributed by atoms with Gasteiger partial charge in [-0.1, -0.05) is 13.8 Å². The summed E-state index contributed by atoms with van der Waals surface area (Å²) in [5.41, 5.74) is 0. The van der Waals surface area contributed by atoms with Crippen LogP contribution in [0.3, 0.4) is 0 Å². The van der Waals surface area contributed by atoms with Crippen LogP contribution in [-0.4, -0.2) is 61.2 Å². The molecular formula is C14H29N3. The Labute approximate surface area is 107 Å². The first-order valence-electron chi connectivity index (χ1n) is 7.35. The molecule has 0 radical (unpaired) electrons. The van der Waals surface area contributed by atoms with Gasteiger partial charge >= 0.3 is 0 Å². The van der Waals surface area contributed by atoms with Crippen LogP contribution in [-0.2, 0) is 0 Å². The number of piperazine rings is 1. The zero-order chi connectivity index (χ0) is 12.3. The quantitative estimate of drug-likeness (QED) is 0.782. The first-order valence-corrected chi connectivity index (χ1v) is 7.35. The first kappa shape index (κ1) is 13.3. The molecule has 17 heavy (non-hydrogen) atoms. The topological polar surface area (TPSA) is 18.5 Å². The molecule has 0 bridgehead atoms. The summed E-state index contributed by atoms with van der Waals surface area (Å²) < 4.78 is 0. The Balaban J connectivity index is 1.63. The summed E-state index contributed by atoms with van der Waals surface area (Å²) in [7, 11) is 0. The number of rotatable bonds is 5. The summed E-state index contributed by atoms with van der Waals surface area (Å²) in [6, 6.07) is 1.63. The van der Waals surface area contributed by atoms with Gasteiger partial charge in [0.25, 0.3) is 0 Å². The van der Waals surface area contributed by atoms with E-state index in [4.69, 9.17) is 0 Å². The van der Waals surface area contributed by atoms with E-state index in [1.807, 2.05) is 0 Å². The van der Waals surface area contributed by atoms with Crippen LogP contribution >= 0.6 is 0 Å². The third kappa shape index (κ3) is 3.67. The minimum absolute atomic E-state index is 0.788. The average molecular weight is 239 g/mol. The van der Waals surface area contributed by atoms with Crippen LogP contribution in [0.1, 0.15) is 33.6 Å². The van der Waals surface area contributed by atoms with Crippen molar-refractivity contribution in [3.05, 3.63) is 0 Å². The van der Waals surface area contributed by atoms with Gasteiger partial charge in [0.2, 0.25) is 0 Å². The predicted molar refractivity (Wildman–Crippen MR) is 73.3 cm³/mol. The van der Waals surface area contributed by atoms with E-state index in [-0.39, 0.29) is 0 Å². The fourth-order valence-corrected chi connectivity index (χ4v) is 2.88. The lowest BCUT2D eigenvalue weighted by Gasteiger charge is -2.49. The smallest absolute Gasteiger partial charge is 0.0351 e. The SMILES string of the molecule is CC(C)CCC(C)N1CC(N2CCNCC2)C1. The van der Waals surface area contributed by atoms with Crippen LogP contribution in [0.15, 0.2) is 0 Å². The maximum atomic E-state index is 3.43. The van der Waals surface area contributed by atoms with E-state index in [0.29, 0.717) is 0 Å². The molecule has 0 amide bonds. The Morgan fingerprint density at radius 2 is 1.71 bits per heavy atom. The zero-order valence-corrected chi connectivity index (χ0v) is 11.8. The standard InChI is InChI=1S/C14H29N3/c1-12(2)4-5-13(3)17-10-14(11-17)16-8-6-15-7-9-16/h12-15H,4-11H2,1-3H3. The molecule has 2 fully saturated rings. The van der Waals surface area contributed by atoms with Crippen molar-refractivity contribution in [2.24, 2.45) is 5.92 Å². The lowest BCUT2D eigenvalue weighted by Crippen LogP contribution is -2.64. The molecule has 1 N–H and O–H groups in total. The molecule has 0 aromatic rings. The summed E-state index contributed by atoms with van der Waals surface area (Å²) in [6.45, 7) is 14.5. The molecule has 0 spiro atoms. The molecule has 2 heterocycles. The van der Waals surface area contributed by atoms with Gasteiger partial charge in [-0.15, -0.1) is 0 Å². The zero-order valence-electron chi connectivity index (χ0n) is 11.8. The van der Waals surface area contributed by atoms with E-state index < -0.39 is 0 Å². The van der Waals surface area contributed by atoms with Gasteiger partial charge in [-0.2, -0.15) is 0 Å². The van der Waals surface area contributed by atoms with Gasteiger partial charge in [-0.3, -0.25) is 9.80 Å². The number of nitrogens with one attached hydrogen (secondary N) is 1. The van der Waals surface area contributed by atoms with Crippen molar-refractivity contribution in [3.8, 4) is 0 Å². The van der Waals surface area contributed by atoms with Gasteiger partial charge in [0, 0.05) is 51.4 Å². The monoisotopic (exact) mass is 239 g/mol. The molecule has 2 saturated heterocycles. The van der Waals surface area contributed by atoms with Gasteiger partial charge in [0.05, 0.1) is 0 Å². The second-order valence-corrected chi connectivity index (χ2v) is 6.21. The molecule has 3 nitrogen and oxygen atoms in total. The van der Waals surface area contributed by atoms with Gasteiger partial charge in [0.15, 0.2) is 0 Å². The minimum Gasteiger partial charge on any atom is -0.314 e. The second kappa shape index (κ2) is 6.17.